The van der Waals surface area contributed by atoms with Crippen LogP contribution in [0.5, 0.6) is 5.75 Å². The van der Waals surface area contributed by atoms with Crippen LogP contribution in [0, 0.1) is 6.92 Å². The van der Waals surface area contributed by atoms with Gasteiger partial charge in [-0.25, -0.2) is 0 Å². The molecule has 0 amide bonds. The van der Waals surface area contributed by atoms with Crippen molar-refractivity contribution in [1.29, 1.82) is 0 Å². The molecule has 0 aliphatic heterocycles. The van der Waals surface area contributed by atoms with Gasteiger partial charge in [0.15, 0.2) is 0 Å². The van der Waals surface area contributed by atoms with Crippen molar-refractivity contribution in [3.05, 3.63) is 29.3 Å². The minimum Gasteiger partial charge on any atom is -0.494 e. The van der Waals surface area contributed by atoms with Gasteiger partial charge in [0, 0.05) is 5.56 Å². The third kappa shape index (κ3) is 3.57. The molecule has 1 aromatic rings. The first-order chi connectivity index (χ1) is 7.67. The van der Waals surface area contributed by atoms with Crippen molar-refractivity contribution in [3.8, 4) is 5.75 Å². The van der Waals surface area contributed by atoms with Gasteiger partial charge in [0.1, 0.15) is 5.75 Å². The Balaban J connectivity index is 2.82. The van der Waals surface area contributed by atoms with E-state index in [1.165, 1.54) is 0 Å². The summed E-state index contributed by atoms with van der Waals surface area (Å²) in [7, 11) is 0. The van der Waals surface area contributed by atoms with Crippen molar-refractivity contribution in [1.82, 2.24) is 0 Å². The van der Waals surface area contributed by atoms with E-state index in [0.29, 0.717) is 13.2 Å². The highest BCUT2D eigenvalue weighted by atomic mass is 16.5. The maximum absolute atomic E-state index is 11.4. The van der Waals surface area contributed by atoms with Crippen LogP contribution in [0.4, 0.5) is 0 Å². The zero-order valence-electron chi connectivity index (χ0n) is 10.1. The monoisotopic (exact) mass is 222 g/mol. The molecule has 3 heteroatoms. The summed E-state index contributed by atoms with van der Waals surface area (Å²) >= 11 is 0. The lowest BCUT2D eigenvalue weighted by molar-refractivity contribution is -0.142. The summed E-state index contributed by atoms with van der Waals surface area (Å²) in [5.74, 6) is 0.551. The molecule has 88 valence electrons. The number of hydrogen-bond acceptors (Lipinski definition) is 3. The van der Waals surface area contributed by atoms with Gasteiger partial charge in [-0.2, -0.15) is 0 Å². The zero-order valence-corrected chi connectivity index (χ0v) is 10.1. The number of ether oxygens (including phenoxy) is 2. The molecule has 0 bridgehead atoms. The molecule has 0 radical (unpaired) electrons. The molecular weight excluding hydrogens is 204 g/mol. The molecular formula is C13H18O3. The lowest BCUT2D eigenvalue weighted by Gasteiger charge is -2.10. The molecule has 0 heterocycles. The van der Waals surface area contributed by atoms with E-state index < -0.39 is 0 Å². The van der Waals surface area contributed by atoms with Crippen LogP contribution in [0.2, 0.25) is 0 Å². The van der Waals surface area contributed by atoms with Crippen LogP contribution in [0.15, 0.2) is 18.2 Å². The first-order valence-electron chi connectivity index (χ1n) is 5.55. The maximum Gasteiger partial charge on any atom is 0.310 e. The Morgan fingerprint density at radius 2 is 2.00 bits per heavy atom. The van der Waals surface area contributed by atoms with Crippen LogP contribution in [0.25, 0.3) is 0 Å². The Labute approximate surface area is 96.4 Å². The Morgan fingerprint density at radius 1 is 1.25 bits per heavy atom. The van der Waals surface area contributed by atoms with Gasteiger partial charge in [0.25, 0.3) is 0 Å². The Kier molecular flexibility index (Phi) is 4.83. The van der Waals surface area contributed by atoms with Crippen LogP contribution in [-0.4, -0.2) is 19.2 Å². The predicted molar refractivity (Wildman–Crippen MR) is 62.7 cm³/mol. The molecule has 0 saturated heterocycles. The van der Waals surface area contributed by atoms with Crippen LogP contribution < -0.4 is 4.74 Å². The fraction of sp³-hybridized carbons (Fsp3) is 0.462. The molecule has 0 aromatic heterocycles. The van der Waals surface area contributed by atoms with Gasteiger partial charge in [-0.1, -0.05) is 17.7 Å². The molecule has 16 heavy (non-hydrogen) atoms. The first-order valence-corrected chi connectivity index (χ1v) is 5.55. The van der Waals surface area contributed by atoms with E-state index in [1.54, 1.807) is 6.92 Å². The average Bonchev–Trinajstić information content (AvgIpc) is 2.22. The molecule has 0 aliphatic rings. The smallest absolute Gasteiger partial charge is 0.310 e. The van der Waals surface area contributed by atoms with Gasteiger partial charge in [0.05, 0.1) is 19.6 Å². The summed E-state index contributed by atoms with van der Waals surface area (Å²) < 4.78 is 10.4. The Morgan fingerprint density at radius 3 is 2.62 bits per heavy atom. The molecule has 0 saturated carbocycles. The Hall–Kier alpha value is -1.51. The fourth-order valence-electron chi connectivity index (χ4n) is 1.51. The summed E-state index contributed by atoms with van der Waals surface area (Å²) in [6, 6.07) is 5.83. The van der Waals surface area contributed by atoms with Crippen molar-refractivity contribution in [2.45, 2.75) is 27.2 Å². The second-order valence-corrected chi connectivity index (χ2v) is 3.53. The molecule has 0 aliphatic carbocycles. The van der Waals surface area contributed by atoms with E-state index in [2.05, 4.69) is 0 Å². The lowest BCUT2D eigenvalue weighted by atomic mass is 10.1. The number of hydrogen-bond donors (Lipinski definition) is 0. The molecule has 0 spiro atoms. The molecule has 0 fully saturated rings. The third-order valence-electron chi connectivity index (χ3n) is 2.16. The van der Waals surface area contributed by atoms with Gasteiger partial charge in [0.2, 0.25) is 0 Å². The highest BCUT2D eigenvalue weighted by Crippen LogP contribution is 2.21. The molecule has 0 atom stereocenters. The van der Waals surface area contributed by atoms with Crippen molar-refractivity contribution in [2.24, 2.45) is 0 Å². The molecule has 1 rings (SSSR count). The highest BCUT2D eigenvalue weighted by Gasteiger charge is 2.09. The van der Waals surface area contributed by atoms with Crippen molar-refractivity contribution in [2.75, 3.05) is 13.2 Å². The number of carbonyl (C=O) groups is 1. The average molecular weight is 222 g/mol. The highest BCUT2D eigenvalue weighted by molar-refractivity contribution is 5.73. The van der Waals surface area contributed by atoms with Gasteiger partial charge in [-0.3, -0.25) is 4.79 Å². The predicted octanol–water partition coefficient (Wildman–Crippen LogP) is 2.50. The van der Waals surface area contributed by atoms with Crippen LogP contribution in [0.1, 0.15) is 25.0 Å². The van der Waals surface area contributed by atoms with Gasteiger partial charge < -0.3 is 9.47 Å². The Bertz CT molecular complexity index is 358. The standard InChI is InChI=1S/C13H18O3/c1-4-15-12-7-6-10(3)8-11(12)9-13(14)16-5-2/h6-8H,4-5,9H2,1-3H3. The number of aryl methyl sites for hydroxylation is 1. The topological polar surface area (TPSA) is 35.5 Å². The van der Waals surface area contributed by atoms with E-state index in [0.717, 1.165) is 16.9 Å². The van der Waals surface area contributed by atoms with E-state index in [9.17, 15) is 4.79 Å². The number of benzene rings is 1. The summed E-state index contributed by atoms with van der Waals surface area (Å²) in [6.07, 6.45) is 0.269. The van der Waals surface area contributed by atoms with Crippen molar-refractivity contribution in [3.63, 3.8) is 0 Å². The van der Waals surface area contributed by atoms with Crippen LogP contribution >= 0.6 is 0 Å². The molecule has 0 N–H and O–H groups in total. The van der Waals surface area contributed by atoms with E-state index >= 15 is 0 Å². The molecule has 3 nitrogen and oxygen atoms in total. The van der Waals surface area contributed by atoms with Gasteiger partial charge in [-0.05, 0) is 26.8 Å². The number of carbonyl (C=O) groups excluding carboxylic acids is 1. The SMILES string of the molecule is CCOC(=O)Cc1cc(C)ccc1OCC. The van der Waals surface area contributed by atoms with Crippen molar-refractivity contribution >= 4 is 5.97 Å². The van der Waals surface area contributed by atoms with E-state index in [1.807, 2.05) is 32.0 Å². The summed E-state index contributed by atoms with van der Waals surface area (Å²) in [5, 5.41) is 0. The second-order valence-electron chi connectivity index (χ2n) is 3.53. The molecule has 1 aromatic carbocycles. The van der Waals surface area contributed by atoms with Crippen LogP contribution in [0.3, 0.4) is 0 Å². The van der Waals surface area contributed by atoms with Gasteiger partial charge in [-0.15, -0.1) is 0 Å². The minimum atomic E-state index is -0.214. The summed E-state index contributed by atoms with van der Waals surface area (Å²) in [4.78, 5) is 11.4. The number of rotatable bonds is 5. The van der Waals surface area contributed by atoms with Crippen molar-refractivity contribution < 1.29 is 14.3 Å². The minimum absolute atomic E-state index is 0.214. The maximum atomic E-state index is 11.4. The normalized spacial score (nSPS) is 9.94. The summed E-state index contributed by atoms with van der Waals surface area (Å²) in [6.45, 7) is 6.73. The third-order valence-corrected chi connectivity index (χ3v) is 2.16. The number of esters is 1. The first kappa shape index (κ1) is 12.6. The zero-order chi connectivity index (χ0) is 12.0. The van der Waals surface area contributed by atoms with E-state index in [-0.39, 0.29) is 12.4 Å². The second kappa shape index (κ2) is 6.16. The largest absolute Gasteiger partial charge is 0.494 e. The van der Waals surface area contributed by atoms with E-state index in [4.69, 9.17) is 9.47 Å². The van der Waals surface area contributed by atoms with Gasteiger partial charge >= 0.3 is 5.97 Å². The quantitative estimate of drug-likeness (QED) is 0.718. The fourth-order valence-corrected chi connectivity index (χ4v) is 1.51. The van der Waals surface area contributed by atoms with Crippen LogP contribution in [-0.2, 0) is 16.0 Å². The summed E-state index contributed by atoms with van der Waals surface area (Å²) in [5.41, 5.74) is 2.00. The lowest BCUT2D eigenvalue weighted by Crippen LogP contribution is -2.09. The molecule has 0 unspecified atom stereocenters.